The number of carbonyl (C=O) groups is 1. The molecule has 0 aliphatic carbocycles. The lowest BCUT2D eigenvalue weighted by Gasteiger charge is -2.32. The van der Waals surface area contributed by atoms with Gasteiger partial charge in [0.15, 0.2) is 5.96 Å². The standard InChI is InChI=1S/C18H26ClFN4O2/c1-3-21-17(22-12-13-5-6-16(20)15(19)11-13)23-14-7-9-24(10-8-14)18(25)26-4-2/h5-6,11,14H,3-4,7-10,12H2,1-2H3,(H2,21,22,23). The first-order chi connectivity index (χ1) is 12.5. The number of hydrogen-bond acceptors (Lipinski definition) is 3. The molecule has 0 unspecified atom stereocenters. The van der Waals surface area contributed by atoms with Gasteiger partial charge < -0.3 is 20.3 Å². The van der Waals surface area contributed by atoms with E-state index in [-0.39, 0.29) is 17.2 Å². The highest BCUT2D eigenvalue weighted by Gasteiger charge is 2.24. The second-order valence-electron chi connectivity index (χ2n) is 6.05. The van der Waals surface area contributed by atoms with Crippen LogP contribution in [0.5, 0.6) is 0 Å². The molecule has 0 bridgehead atoms. The van der Waals surface area contributed by atoms with E-state index in [1.807, 2.05) is 6.92 Å². The number of ether oxygens (including phenoxy) is 1. The Morgan fingerprint density at radius 2 is 2.12 bits per heavy atom. The second kappa shape index (κ2) is 10.2. The number of piperidine rings is 1. The third kappa shape index (κ3) is 6.05. The first kappa shape index (κ1) is 20.3. The maximum absolute atomic E-state index is 13.2. The van der Waals surface area contributed by atoms with Gasteiger partial charge in [-0.3, -0.25) is 0 Å². The number of nitrogens with zero attached hydrogens (tertiary/aromatic N) is 2. The van der Waals surface area contributed by atoms with Crippen LogP contribution in [0.15, 0.2) is 23.2 Å². The van der Waals surface area contributed by atoms with E-state index in [9.17, 15) is 9.18 Å². The van der Waals surface area contributed by atoms with Crippen molar-refractivity contribution >= 4 is 23.7 Å². The van der Waals surface area contributed by atoms with Crippen molar-refractivity contribution in [3.8, 4) is 0 Å². The summed E-state index contributed by atoms with van der Waals surface area (Å²) in [5.41, 5.74) is 0.839. The number of benzene rings is 1. The van der Waals surface area contributed by atoms with Crippen molar-refractivity contribution < 1.29 is 13.9 Å². The van der Waals surface area contributed by atoms with Gasteiger partial charge in [0.2, 0.25) is 0 Å². The molecule has 8 heteroatoms. The van der Waals surface area contributed by atoms with Crippen molar-refractivity contribution in [1.29, 1.82) is 0 Å². The summed E-state index contributed by atoms with van der Waals surface area (Å²) < 4.78 is 18.3. The second-order valence-corrected chi connectivity index (χ2v) is 6.46. The minimum absolute atomic E-state index is 0.0991. The number of rotatable bonds is 5. The number of nitrogens with one attached hydrogen (secondary N) is 2. The molecule has 1 aliphatic heterocycles. The Bertz CT molecular complexity index is 634. The summed E-state index contributed by atoms with van der Waals surface area (Å²) in [5.74, 6) is 0.264. The molecule has 2 rings (SSSR count). The summed E-state index contributed by atoms with van der Waals surface area (Å²) in [7, 11) is 0. The van der Waals surface area contributed by atoms with E-state index in [0.29, 0.717) is 32.2 Å². The molecule has 1 amide bonds. The van der Waals surface area contributed by atoms with Crippen molar-refractivity contribution in [2.75, 3.05) is 26.2 Å². The van der Waals surface area contributed by atoms with Gasteiger partial charge in [0, 0.05) is 25.7 Å². The Hall–Kier alpha value is -2.02. The van der Waals surface area contributed by atoms with Crippen molar-refractivity contribution in [3.05, 3.63) is 34.6 Å². The number of carbonyl (C=O) groups excluding carboxylic acids is 1. The zero-order chi connectivity index (χ0) is 18.9. The summed E-state index contributed by atoms with van der Waals surface area (Å²) in [6.45, 7) is 6.64. The largest absolute Gasteiger partial charge is 0.450 e. The maximum Gasteiger partial charge on any atom is 0.409 e. The maximum atomic E-state index is 13.2. The molecule has 1 heterocycles. The van der Waals surface area contributed by atoms with Gasteiger partial charge in [-0.05, 0) is 44.4 Å². The van der Waals surface area contributed by atoms with E-state index in [1.165, 1.54) is 6.07 Å². The molecule has 1 fully saturated rings. The average Bonchev–Trinajstić information content (AvgIpc) is 2.63. The molecule has 144 valence electrons. The summed E-state index contributed by atoms with van der Waals surface area (Å²) >= 11 is 5.81. The molecule has 1 aromatic carbocycles. The van der Waals surface area contributed by atoms with Gasteiger partial charge in [-0.25, -0.2) is 14.2 Å². The zero-order valence-corrected chi connectivity index (χ0v) is 16.0. The Balaban J connectivity index is 1.89. The molecule has 2 N–H and O–H groups in total. The fraction of sp³-hybridized carbons (Fsp3) is 0.556. The van der Waals surface area contributed by atoms with Crippen LogP contribution in [-0.2, 0) is 11.3 Å². The van der Waals surface area contributed by atoms with Crippen LogP contribution in [0.25, 0.3) is 0 Å². The normalized spacial score (nSPS) is 15.7. The van der Waals surface area contributed by atoms with Crippen molar-refractivity contribution in [2.45, 2.75) is 39.3 Å². The topological polar surface area (TPSA) is 66.0 Å². The van der Waals surface area contributed by atoms with Gasteiger partial charge in [-0.1, -0.05) is 17.7 Å². The molecule has 0 spiro atoms. The molecule has 1 aliphatic rings. The third-order valence-electron chi connectivity index (χ3n) is 4.11. The highest BCUT2D eigenvalue weighted by Crippen LogP contribution is 2.16. The monoisotopic (exact) mass is 384 g/mol. The van der Waals surface area contributed by atoms with Crippen molar-refractivity contribution in [2.24, 2.45) is 4.99 Å². The van der Waals surface area contributed by atoms with Crippen molar-refractivity contribution in [1.82, 2.24) is 15.5 Å². The van der Waals surface area contributed by atoms with Gasteiger partial charge in [-0.15, -0.1) is 0 Å². The highest BCUT2D eigenvalue weighted by atomic mass is 35.5. The number of hydrogen-bond donors (Lipinski definition) is 2. The first-order valence-electron chi connectivity index (χ1n) is 8.94. The van der Waals surface area contributed by atoms with E-state index < -0.39 is 5.82 Å². The molecule has 0 aromatic heterocycles. The van der Waals surface area contributed by atoms with Crippen LogP contribution in [0.1, 0.15) is 32.3 Å². The van der Waals surface area contributed by atoms with Crippen LogP contribution < -0.4 is 10.6 Å². The number of aliphatic imine (C=N–C) groups is 1. The molecule has 1 aromatic rings. The summed E-state index contributed by atoms with van der Waals surface area (Å²) in [4.78, 5) is 18.0. The van der Waals surface area contributed by atoms with E-state index in [0.717, 1.165) is 24.9 Å². The predicted molar refractivity (Wildman–Crippen MR) is 101 cm³/mol. The van der Waals surface area contributed by atoms with Crippen LogP contribution in [0, 0.1) is 5.82 Å². The van der Waals surface area contributed by atoms with Gasteiger partial charge in [0.25, 0.3) is 0 Å². The molecule has 0 atom stereocenters. The lowest BCUT2D eigenvalue weighted by Crippen LogP contribution is -2.49. The number of likely N-dealkylation sites (tertiary alicyclic amines) is 1. The Morgan fingerprint density at radius 1 is 1.38 bits per heavy atom. The Morgan fingerprint density at radius 3 is 2.73 bits per heavy atom. The van der Waals surface area contributed by atoms with E-state index >= 15 is 0 Å². The predicted octanol–water partition coefficient (Wildman–Crippen LogP) is 3.16. The number of halogens is 2. The SMILES string of the molecule is CCNC(=NCc1ccc(F)c(Cl)c1)NC1CCN(C(=O)OCC)CC1. The summed E-state index contributed by atoms with van der Waals surface area (Å²) in [5, 5.41) is 6.70. The average molecular weight is 385 g/mol. The van der Waals surface area contributed by atoms with Gasteiger partial charge in [0.05, 0.1) is 18.2 Å². The van der Waals surface area contributed by atoms with E-state index in [2.05, 4.69) is 15.6 Å². The summed E-state index contributed by atoms with van der Waals surface area (Å²) in [6, 6.07) is 4.84. The fourth-order valence-electron chi connectivity index (χ4n) is 2.74. The first-order valence-corrected chi connectivity index (χ1v) is 9.31. The molecule has 1 saturated heterocycles. The van der Waals surface area contributed by atoms with Gasteiger partial charge in [-0.2, -0.15) is 0 Å². The lowest BCUT2D eigenvalue weighted by molar-refractivity contribution is 0.0963. The van der Waals surface area contributed by atoms with Crippen LogP contribution >= 0.6 is 11.6 Å². The number of guanidine groups is 1. The molecule has 0 saturated carbocycles. The fourth-order valence-corrected chi connectivity index (χ4v) is 2.95. The number of amides is 1. The zero-order valence-electron chi connectivity index (χ0n) is 15.2. The van der Waals surface area contributed by atoms with Crippen molar-refractivity contribution in [3.63, 3.8) is 0 Å². The Labute approximate surface area is 158 Å². The molecular weight excluding hydrogens is 359 g/mol. The lowest BCUT2D eigenvalue weighted by atomic mass is 10.1. The molecule has 26 heavy (non-hydrogen) atoms. The highest BCUT2D eigenvalue weighted by molar-refractivity contribution is 6.30. The van der Waals surface area contributed by atoms with Crippen LogP contribution in [0.4, 0.5) is 9.18 Å². The smallest absolute Gasteiger partial charge is 0.409 e. The van der Waals surface area contributed by atoms with Gasteiger partial charge >= 0.3 is 6.09 Å². The minimum atomic E-state index is -0.433. The quantitative estimate of drug-likeness (QED) is 0.604. The van der Waals surface area contributed by atoms with Crippen LogP contribution in [0.3, 0.4) is 0 Å². The molecule has 6 nitrogen and oxygen atoms in total. The van der Waals surface area contributed by atoms with E-state index in [1.54, 1.807) is 24.0 Å². The van der Waals surface area contributed by atoms with Crippen LogP contribution in [0.2, 0.25) is 5.02 Å². The molecular formula is C18H26ClFN4O2. The third-order valence-corrected chi connectivity index (χ3v) is 4.40. The van der Waals surface area contributed by atoms with Crippen LogP contribution in [-0.4, -0.2) is 49.2 Å². The minimum Gasteiger partial charge on any atom is -0.450 e. The van der Waals surface area contributed by atoms with Gasteiger partial charge in [0.1, 0.15) is 5.82 Å². The summed E-state index contributed by atoms with van der Waals surface area (Å²) in [6.07, 6.45) is 1.40. The molecule has 0 radical (unpaired) electrons. The van der Waals surface area contributed by atoms with E-state index in [4.69, 9.17) is 16.3 Å². The Kier molecular flexibility index (Phi) is 7.97.